The van der Waals surface area contributed by atoms with Crippen molar-refractivity contribution in [3.63, 3.8) is 0 Å². The van der Waals surface area contributed by atoms with Crippen molar-refractivity contribution in [2.75, 3.05) is 6.61 Å². The van der Waals surface area contributed by atoms with E-state index in [4.69, 9.17) is 13.7 Å². The van der Waals surface area contributed by atoms with Crippen LogP contribution in [0.15, 0.2) is 53.6 Å². The lowest BCUT2D eigenvalue weighted by atomic mass is 9.73. The van der Waals surface area contributed by atoms with Crippen LogP contribution in [0.3, 0.4) is 0 Å². The number of fused-ring (bicyclic) bond motifs is 4. The van der Waals surface area contributed by atoms with Gasteiger partial charge in [-0.3, -0.25) is 0 Å². The van der Waals surface area contributed by atoms with E-state index in [0.29, 0.717) is 12.4 Å². The van der Waals surface area contributed by atoms with Crippen LogP contribution in [0.25, 0.3) is 0 Å². The summed E-state index contributed by atoms with van der Waals surface area (Å²) < 4.78 is 32.3. The third kappa shape index (κ3) is 2.58. The predicted molar refractivity (Wildman–Crippen MR) is 93.5 cm³/mol. The Bertz CT molecular complexity index is 760. The van der Waals surface area contributed by atoms with Crippen LogP contribution >= 0.6 is 0 Å². The number of aromatic nitrogens is 1. The summed E-state index contributed by atoms with van der Waals surface area (Å²) in [7, 11) is 0. The Kier molecular flexibility index (Phi) is 4.30. The minimum Gasteiger partial charge on any atom is -0.370 e. The monoisotopic (exact) mass is 362 g/mol. The zero-order valence-electron chi connectivity index (χ0n) is 14.8. The highest BCUT2D eigenvalue weighted by molar-refractivity contribution is 7.73. The molecule has 2 aliphatic heterocycles. The summed E-state index contributed by atoms with van der Waals surface area (Å²) in [5.74, 6) is 0.629. The van der Waals surface area contributed by atoms with Gasteiger partial charge in [0, 0.05) is 18.7 Å². The van der Waals surface area contributed by atoms with Crippen LogP contribution in [0.4, 0.5) is 0 Å². The van der Waals surface area contributed by atoms with Crippen molar-refractivity contribution in [2.45, 2.75) is 51.9 Å². The van der Waals surface area contributed by atoms with E-state index in [0.717, 1.165) is 12.8 Å². The Morgan fingerprint density at radius 1 is 1.32 bits per heavy atom. The van der Waals surface area contributed by atoms with Crippen molar-refractivity contribution in [1.29, 1.82) is 0 Å². The molecule has 6 heteroatoms. The molecule has 0 spiro atoms. The zero-order valence-corrected chi connectivity index (χ0v) is 15.6. The molecule has 5 atom stereocenters. The Labute approximate surface area is 151 Å². The molecule has 1 aromatic rings. The lowest BCUT2D eigenvalue weighted by molar-refractivity contribution is -0.511. The molecule has 1 fully saturated rings. The van der Waals surface area contributed by atoms with Gasteiger partial charge in [0.15, 0.2) is 18.2 Å². The lowest BCUT2D eigenvalue weighted by Crippen LogP contribution is -2.47. The van der Waals surface area contributed by atoms with Gasteiger partial charge in [-0.25, -0.2) is 0 Å². The SMILES string of the molecule is CCO[C@@H]1C(OS(=O)[n+]2ccccc2)=CC2=C(C)[C@H]3CC[C@H](O3)[C@@]21C. The van der Waals surface area contributed by atoms with Gasteiger partial charge < -0.3 is 13.7 Å². The summed E-state index contributed by atoms with van der Waals surface area (Å²) in [4.78, 5) is 0. The van der Waals surface area contributed by atoms with Crippen molar-refractivity contribution < 1.29 is 21.8 Å². The summed E-state index contributed by atoms with van der Waals surface area (Å²) in [6, 6.07) is 5.53. The molecule has 0 saturated carbocycles. The van der Waals surface area contributed by atoms with E-state index >= 15 is 0 Å². The zero-order chi connectivity index (χ0) is 17.6. The maximum absolute atomic E-state index is 12.6. The van der Waals surface area contributed by atoms with Crippen molar-refractivity contribution in [3.05, 3.63) is 53.6 Å². The molecule has 0 radical (unpaired) electrons. The quantitative estimate of drug-likeness (QED) is 0.756. The van der Waals surface area contributed by atoms with Crippen LogP contribution in [-0.2, 0) is 24.9 Å². The molecule has 5 nitrogen and oxygen atoms in total. The standard InChI is InChI=1S/C19H24NO4S/c1-4-22-18-16(24-25(21)20-10-6-5-7-11-20)12-14-13(2)15-8-9-17(23-15)19(14,18)3/h5-7,10-12,15,17-18H,4,8-9H2,1-3H3/q+1/t15-,17+,18-,19-,25?/m1/s1. The van der Waals surface area contributed by atoms with Crippen molar-refractivity contribution in [3.8, 4) is 0 Å². The van der Waals surface area contributed by atoms with Crippen LogP contribution in [0.1, 0.15) is 33.6 Å². The van der Waals surface area contributed by atoms with Crippen LogP contribution in [0.2, 0.25) is 0 Å². The molecule has 134 valence electrons. The van der Waals surface area contributed by atoms with E-state index in [-0.39, 0.29) is 23.7 Å². The number of ether oxygens (including phenoxy) is 2. The molecule has 0 amide bonds. The van der Waals surface area contributed by atoms with Gasteiger partial charge in [0.2, 0.25) is 0 Å². The van der Waals surface area contributed by atoms with Crippen molar-refractivity contribution in [1.82, 2.24) is 0 Å². The number of hydrogen-bond donors (Lipinski definition) is 0. The van der Waals surface area contributed by atoms with Gasteiger partial charge in [-0.05, 0) is 43.9 Å². The lowest BCUT2D eigenvalue weighted by Gasteiger charge is -2.42. The average Bonchev–Trinajstić information content (AvgIpc) is 3.19. The number of rotatable bonds is 5. The summed E-state index contributed by atoms with van der Waals surface area (Å²) in [5.41, 5.74) is 2.20. The fourth-order valence-electron chi connectivity index (χ4n) is 4.36. The summed E-state index contributed by atoms with van der Waals surface area (Å²) in [5, 5.41) is 0. The molecule has 4 rings (SSSR count). The molecule has 25 heavy (non-hydrogen) atoms. The van der Waals surface area contributed by atoms with E-state index in [1.54, 1.807) is 12.4 Å². The van der Waals surface area contributed by atoms with E-state index in [1.807, 2.05) is 31.2 Å². The molecule has 3 aliphatic rings. The second-order valence-electron chi connectivity index (χ2n) is 6.99. The first-order chi connectivity index (χ1) is 12.1. The summed E-state index contributed by atoms with van der Waals surface area (Å²) >= 11 is -1.64. The maximum atomic E-state index is 12.6. The van der Waals surface area contributed by atoms with Gasteiger partial charge in [0.1, 0.15) is 6.10 Å². The van der Waals surface area contributed by atoms with Gasteiger partial charge >= 0.3 is 11.3 Å². The third-order valence-electron chi connectivity index (χ3n) is 5.63. The molecule has 1 aliphatic carbocycles. The Morgan fingerprint density at radius 2 is 2.08 bits per heavy atom. The maximum Gasteiger partial charge on any atom is 0.504 e. The van der Waals surface area contributed by atoms with E-state index < -0.39 is 11.3 Å². The van der Waals surface area contributed by atoms with Crippen molar-refractivity contribution in [2.24, 2.45) is 5.41 Å². The number of nitrogens with zero attached hydrogens (tertiary/aromatic N) is 1. The fourth-order valence-corrected chi connectivity index (χ4v) is 5.08. The molecule has 3 heterocycles. The summed E-state index contributed by atoms with van der Waals surface area (Å²) in [6.07, 6.45) is 7.60. The Morgan fingerprint density at radius 3 is 2.80 bits per heavy atom. The summed E-state index contributed by atoms with van der Waals surface area (Å²) in [6.45, 7) is 6.85. The predicted octanol–water partition coefficient (Wildman–Crippen LogP) is 2.60. The molecule has 1 saturated heterocycles. The minimum absolute atomic E-state index is 0.114. The molecule has 1 unspecified atom stereocenters. The fraction of sp³-hybridized carbons (Fsp3) is 0.526. The highest BCUT2D eigenvalue weighted by Crippen LogP contribution is 2.56. The number of pyridine rings is 1. The first kappa shape index (κ1) is 16.9. The van der Waals surface area contributed by atoms with Gasteiger partial charge in [-0.1, -0.05) is 17.0 Å². The second kappa shape index (κ2) is 6.34. The van der Waals surface area contributed by atoms with E-state index in [2.05, 4.69) is 13.8 Å². The average molecular weight is 362 g/mol. The highest BCUT2D eigenvalue weighted by Gasteiger charge is 2.58. The molecule has 2 bridgehead atoms. The molecular formula is C19H24NO4S+. The smallest absolute Gasteiger partial charge is 0.370 e. The van der Waals surface area contributed by atoms with Crippen LogP contribution < -0.4 is 3.97 Å². The highest BCUT2D eigenvalue weighted by atomic mass is 32.2. The first-order valence-electron chi connectivity index (χ1n) is 8.82. The molecule has 0 N–H and O–H groups in total. The number of hydrogen-bond acceptors (Lipinski definition) is 4. The van der Waals surface area contributed by atoms with E-state index in [9.17, 15) is 4.21 Å². The van der Waals surface area contributed by atoms with E-state index in [1.165, 1.54) is 15.1 Å². The van der Waals surface area contributed by atoms with Gasteiger partial charge in [0.25, 0.3) is 0 Å². The van der Waals surface area contributed by atoms with Crippen LogP contribution in [0.5, 0.6) is 0 Å². The Balaban J connectivity index is 1.69. The largest absolute Gasteiger partial charge is 0.504 e. The molecule has 1 aromatic heterocycles. The number of allylic oxidation sites excluding steroid dienone is 1. The van der Waals surface area contributed by atoms with Gasteiger partial charge in [-0.2, -0.15) is 0 Å². The molecule has 0 aromatic carbocycles. The van der Waals surface area contributed by atoms with Crippen LogP contribution in [0, 0.1) is 5.41 Å². The topological polar surface area (TPSA) is 48.6 Å². The molecular weight excluding hydrogens is 338 g/mol. The van der Waals surface area contributed by atoms with Crippen molar-refractivity contribution >= 4 is 11.3 Å². The third-order valence-corrected chi connectivity index (χ3v) is 6.55. The second-order valence-corrected chi connectivity index (χ2v) is 8.01. The van der Waals surface area contributed by atoms with Gasteiger partial charge in [-0.15, -0.1) is 4.21 Å². The Hall–Kier alpha value is -1.50. The normalized spacial score (nSPS) is 34.7. The first-order valence-corrected chi connectivity index (χ1v) is 9.85. The minimum atomic E-state index is -1.64. The van der Waals surface area contributed by atoms with Crippen LogP contribution in [-0.4, -0.2) is 29.1 Å². The van der Waals surface area contributed by atoms with Gasteiger partial charge in [0.05, 0.1) is 17.6 Å².